The number of rotatable bonds is 10. The monoisotopic (exact) mass is 438 g/mol. The van der Waals surface area contributed by atoms with Crippen LogP contribution in [0.25, 0.3) is 0 Å². The van der Waals surface area contributed by atoms with Crippen LogP contribution in [0.4, 0.5) is 0 Å². The van der Waals surface area contributed by atoms with Crippen molar-refractivity contribution in [3.05, 3.63) is 52.9 Å². The van der Waals surface area contributed by atoms with E-state index < -0.39 is 10.0 Å². The highest BCUT2D eigenvalue weighted by atomic mass is 32.2. The molecule has 29 heavy (non-hydrogen) atoms. The van der Waals surface area contributed by atoms with Gasteiger partial charge in [-0.25, -0.2) is 12.7 Å². The molecule has 1 atom stereocenters. The fourth-order valence-corrected chi connectivity index (χ4v) is 4.99. The van der Waals surface area contributed by atoms with E-state index in [2.05, 4.69) is 34.7 Å². The summed E-state index contributed by atoms with van der Waals surface area (Å²) in [4.78, 5) is 5.12. The smallest absolute Gasteiger partial charge is 0.252 e. The SMILES string of the molecule is CN=C(NCCCOC(C)c1ccccc1)NCc1ccc(S(=O)(=O)N(C)C)s1. The maximum atomic E-state index is 12.1. The Morgan fingerprint density at radius 1 is 1.17 bits per heavy atom. The molecule has 0 aliphatic carbocycles. The lowest BCUT2D eigenvalue weighted by Gasteiger charge is -2.14. The summed E-state index contributed by atoms with van der Waals surface area (Å²) in [5, 5.41) is 6.45. The van der Waals surface area contributed by atoms with Gasteiger partial charge in [0.15, 0.2) is 5.96 Å². The third-order valence-electron chi connectivity index (χ3n) is 4.28. The van der Waals surface area contributed by atoms with Gasteiger partial charge in [0, 0.05) is 39.2 Å². The summed E-state index contributed by atoms with van der Waals surface area (Å²) in [7, 11) is 1.39. The fourth-order valence-electron chi connectivity index (χ4n) is 2.52. The first-order valence-electron chi connectivity index (χ1n) is 9.47. The molecule has 0 fully saturated rings. The first-order valence-corrected chi connectivity index (χ1v) is 11.7. The van der Waals surface area contributed by atoms with E-state index in [1.54, 1.807) is 13.1 Å². The van der Waals surface area contributed by atoms with E-state index in [0.717, 1.165) is 17.8 Å². The molecule has 2 N–H and O–H groups in total. The zero-order chi connectivity index (χ0) is 21.3. The normalized spacial score (nSPS) is 13.5. The Kier molecular flexibility index (Phi) is 9.09. The predicted octanol–water partition coefficient (Wildman–Crippen LogP) is 2.83. The predicted molar refractivity (Wildman–Crippen MR) is 119 cm³/mol. The summed E-state index contributed by atoms with van der Waals surface area (Å²) in [6.07, 6.45) is 0.919. The van der Waals surface area contributed by atoms with Gasteiger partial charge in [-0.3, -0.25) is 4.99 Å². The van der Waals surface area contributed by atoms with Gasteiger partial charge in [0.25, 0.3) is 10.0 Å². The van der Waals surface area contributed by atoms with Crippen LogP contribution < -0.4 is 10.6 Å². The Balaban J connectivity index is 1.70. The number of hydrogen-bond acceptors (Lipinski definition) is 5. The van der Waals surface area contributed by atoms with Crippen LogP contribution in [0.15, 0.2) is 51.7 Å². The van der Waals surface area contributed by atoms with E-state index in [0.29, 0.717) is 23.3 Å². The van der Waals surface area contributed by atoms with Crippen molar-refractivity contribution < 1.29 is 13.2 Å². The highest BCUT2D eigenvalue weighted by molar-refractivity contribution is 7.91. The second-order valence-corrected chi connectivity index (χ2v) is 10.2. The second kappa shape index (κ2) is 11.3. The minimum Gasteiger partial charge on any atom is -0.374 e. The molecule has 0 saturated carbocycles. The van der Waals surface area contributed by atoms with Gasteiger partial charge < -0.3 is 15.4 Å². The molecule has 0 amide bonds. The van der Waals surface area contributed by atoms with E-state index >= 15 is 0 Å². The molecule has 1 unspecified atom stereocenters. The number of nitrogens with zero attached hydrogens (tertiary/aromatic N) is 2. The summed E-state index contributed by atoms with van der Waals surface area (Å²) < 4.78 is 31.7. The average molecular weight is 439 g/mol. The second-order valence-electron chi connectivity index (χ2n) is 6.64. The van der Waals surface area contributed by atoms with Gasteiger partial charge in [0.2, 0.25) is 0 Å². The molecule has 160 valence electrons. The average Bonchev–Trinajstić information content (AvgIpc) is 3.20. The van der Waals surface area contributed by atoms with Crippen molar-refractivity contribution >= 4 is 27.3 Å². The van der Waals surface area contributed by atoms with Crippen LogP contribution in [-0.2, 0) is 21.3 Å². The molecular weight excluding hydrogens is 408 g/mol. The topological polar surface area (TPSA) is 83.0 Å². The maximum Gasteiger partial charge on any atom is 0.252 e. The van der Waals surface area contributed by atoms with E-state index in [4.69, 9.17) is 4.74 Å². The number of ether oxygens (including phenoxy) is 1. The van der Waals surface area contributed by atoms with Crippen molar-refractivity contribution in [2.75, 3.05) is 34.3 Å². The molecule has 2 aromatic rings. The van der Waals surface area contributed by atoms with E-state index in [-0.39, 0.29) is 6.10 Å². The maximum absolute atomic E-state index is 12.1. The number of aliphatic imine (C=N–C) groups is 1. The van der Waals surface area contributed by atoms with E-state index in [1.807, 2.05) is 24.3 Å². The van der Waals surface area contributed by atoms with Gasteiger partial charge in [-0.2, -0.15) is 0 Å². The molecule has 9 heteroatoms. The summed E-state index contributed by atoms with van der Waals surface area (Å²) in [6.45, 7) is 3.94. The minimum atomic E-state index is -3.38. The summed E-state index contributed by atoms with van der Waals surface area (Å²) >= 11 is 1.26. The third kappa shape index (κ3) is 7.11. The first-order chi connectivity index (χ1) is 13.8. The molecule has 0 aliphatic heterocycles. The molecule has 1 heterocycles. The number of sulfonamides is 1. The number of guanidine groups is 1. The summed E-state index contributed by atoms with van der Waals surface area (Å²) in [5.74, 6) is 0.673. The summed E-state index contributed by atoms with van der Waals surface area (Å²) in [6, 6.07) is 13.6. The highest BCUT2D eigenvalue weighted by Crippen LogP contribution is 2.23. The van der Waals surface area contributed by atoms with Crippen molar-refractivity contribution in [1.82, 2.24) is 14.9 Å². The van der Waals surface area contributed by atoms with E-state index in [9.17, 15) is 8.42 Å². The Bertz CT molecular complexity index is 880. The number of nitrogens with one attached hydrogen (secondary N) is 2. The van der Waals surface area contributed by atoms with Crippen LogP contribution >= 0.6 is 11.3 Å². The molecule has 0 radical (unpaired) electrons. The third-order valence-corrected chi connectivity index (χ3v) is 7.64. The molecule has 1 aromatic heterocycles. The zero-order valence-electron chi connectivity index (χ0n) is 17.4. The lowest BCUT2D eigenvalue weighted by atomic mass is 10.1. The van der Waals surface area contributed by atoms with Gasteiger partial charge in [-0.05, 0) is 31.0 Å². The molecule has 0 spiro atoms. The fraction of sp³-hybridized carbons (Fsp3) is 0.450. The van der Waals surface area contributed by atoms with Crippen molar-refractivity contribution in [2.45, 2.75) is 30.2 Å². The Labute approximate surface area is 177 Å². The van der Waals surface area contributed by atoms with Gasteiger partial charge in [-0.1, -0.05) is 30.3 Å². The first kappa shape index (κ1) is 23.3. The van der Waals surface area contributed by atoms with Crippen molar-refractivity contribution in [1.29, 1.82) is 0 Å². The molecule has 7 nitrogen and oxygen atoms in total. The molecule has 1 aromatic carbocycles. The molecule has 2 rings (SSSR count). The summed E-state index contributed by atoms with van der Waals surface area (Å²) in [5.41, 5.74) is 1.17. The van der Waals surface area contributed by atoms with E-state index in [1.165, 1.54) is 35.3 Å². The lowest BCUT2D eigenvalue weighted by molar-refractivity contribution is 0.0646. The van der Waals surface area contributed by atoms with Gasteiger partial charge in [0.05, 0.1) is 12.6 Å². The van der Waals surface area contributed by atoms with Gasteiger partial charge in [-0.15, -0.1) is 11.3 Å². The number of hydrogen-bond donors (Lipinski definition) is 2. The Hall–Kier alpha value is -1.94. The minimum absolute atomic E-state index is 0.0695. The van der Waals surface area contributed by atoms with Crippen molar-refractivity contribution in [3.63, 3.8) is 0 Å². The van der Waals surface area contributed by atoms with Gasteiger partial charge in [0.1, 0.15) is 4.21 Å². The highest BCUT2D eigenvalue weighted by Gasteiger charge is 2.19. The lowest BCUT2D eigenvalue weighted by Crippen LogP contribution is -2.37. The largest absolute Gasteiger partial charge is 0.374 e. The Morgan fingerprint density at radius 3 is 2.55 bits per heavy atom. The van der Waals surface area contributed by atoms with Crippen molar-refractivity contribution in [2.24, 2.45) is 4.99 Å². The van der Waals surface area contributed by atoms with Crippen LogP contribution in [0.2, 0.25) is 0 Å². The van der Waals surface area contributed by atoms with Crippen molar-refractivity contribution in [3.8, 4) is 0 Å². The zero-order valence-corrected chi connectivity index (χ0v) is 19.0. The van der Waals surface area contributed by atoms with Crippen LogP contribution in [0.5, 0.6) is 0 Å². The molecule has 0 saturated heterocycles. The standard InChI is InChI=1S/C20H30N4O3S2/c1-16(17-9-6-5-7-10-17)27-14-8-13-22-20(21-2)23-15-18-11-12-19(28-18)29(25,26)24(3)4/h5-7,9-12,16H,8,13-15H2,1-4H3,(H2,21,22,23). The quantitative estimate of drug-likeness (QED) is 0.339. The van der Waals surface area contributed by atoms with Crippen LogP contribution in [0.3, 0.4) is 0 Å². The molecule has 0 aliphatic rings. The molecule has 0 bridgehead atoms. The number of benzene rings is 1. The van der Waals surface area contributed by atoms with Gasteiger partial charge >= 0.3 is 0 Å². The van der Waals surface area contributed by atoms with Crippen LogP contribution in [0, 0.1) is 0 Å². The number of thiophene rings is 1. The van der Waals surface area contributed by atoms with Crippen LogP contribution in [0.1, 0.15) is 29.9 Å². The Morgan fingerprint density at radius 2 is 1.90 bits per heavy atom. The molecular formula is C20H30N4O3S2. The van der Waals surface area contributed by atoms with Crippen LogP contribution in [-0.4, -0.2) is 53.0 Å².